The number of amides is 3. The number of urea groups is 1. The molecular formula is C25H36N6O2S. The third-order valence-corrected chi connectivity index (χ3v) is 8.42. The zero-order valence-electron chi connectivity index (χ0n) is 20.3. The Hall–Kier alpha value is -2.78. The fourth-order valence-electron chi connectivity index (χ4n) is 5.41. The molecule has 2 aliphatic rings. The number of hydrogen-bond acceptors (Lipinski definition) is 7. The fourth-order valence-corrected chi connectivity index (χ4v) is 6.48. The van der Waals surface area contributed by atoms with Gasteiger partial charge in [0.1, 0.15) is 5.00 Å². The lowest BCUT2D eigenvalue weighted by Gasteiger charge is -2.45. The number of rotatable bonds is 6. The summed E-state index contributed by atoms with van der Waals surface area (Å²) in [6.07, 6.45) is 2.54. The van der Waals surface area contributed by atoms with E-state index in [9.17, 15) is 9.59 Å². The van der Waals surface area contributed by atoms with E-state index in [1.807, 2.05) is 44.3 Å². The summed E-state index contributed by atoms with van der Waals surface area (Å²) in [5, 5.41) is 3.63. The summed E-state index contributed by atoms with van der Waals surface area (Å²) < 4.78 is 0. The number of thiophene rings is 1. The van der Waals surface area contributed by atoms with Crippen LogP contribution >= 0.6 is 11.3 Å². The number of carbonyl (C=O) groups is 2. The van der Waals surface area contributed by atoms with Crippen molar-refractivity contribution in [1.82, 2.24) is 15.1 Å². The molecule has 4 rings (SSSR count). The second-order valence-electron chi connectivity index (χ2n) is 9.46. The quantitative estimate of drug-likeness (QED) is 0.582. The lowest BCUT2D eigenvalue weighted by atomic mass is 9.74. The number of imide groups is 1. The standard InChI is InChI=1S/C25H36N6O2S/c1-4-31(25(33)28-10-11-29(2)18-8-6-5-7-9-18)24(32)17-12-16-13-19-21(34-23(27)22(19)26)14-20(16)30(3)15-17/h5-9,16-17,20H,4,10-15,26-27H2,1-3H3,(H,28,33)/t16-,17-,20-/m1/s1. The van der Waals surface area contributed by atoms with Gasteiger partial charge in [-0.05, 0) is 56.8 Å². The molecule has 0 bridgehead atoms. The van der Waals surface area contributed by atoms with Crippen molar-refractivity contribution in [3.63, 3.8) is 0 Å². The molecule has 1 aromatic heterocycles. The van der Waals surface area contributed by atoms with E-state index in [-0.39, 0.29) is 17.9 Å². The molecule has 5 N–H and O–H groups in total. The number of piperidine rings is 1. The van der Waals surface area contributed by atoms with Gasteiger partial charge in [-0.1, -0.05) is 18.2 Å². The third kappa shape index (κ3) is 4.86. The lowest BCUT2D eigenvalue weighted by Crippen LogP contribution is -2.55. The van der Waals surface area contributed by atoms with Gasteiger partial charge >= 0.3 is 6.03 Å². The summed E-state index contributed by atoms with van der Waals surface area (Å²) in [4.78, 5) is 33.3. The van der Waals surface area contributed by atoms with E-state index in [4.69, 9.17) is 11.5 Å². The number of likely N-dealkylation sites (tertiary alicyclic amines) is 1. The molecule has 1 aliphatic heterocycles. The lowest BCUT2D eigenvalue weighted by molar-refractivity contribution is -0.135. The van der Waals surface area contributed by atoms with Crippen LogP contribution in [-0.2, 0) is 17.6 Å². The number of anilines is 3. The van der Waals surface area contributed by atoms with E-state index in [1.165, 1.54) is 9.78 Å². The van der Waals surface area contributed by atoms with Crippen molar-refractivity contribution in [1.29, 1.82) is 0 Å². The number of nitrogens with two attached hydrogens (primary N) is 2. The molecule has 3 atom stereocenters. The Morgan fingerprint density at radius 3 is 2.65 bits per heavy atom. The van der Waals surface area contributed by atoms with E-state index >= 15 is 0 Å². The smallest absolute Gasteiger partial charge is 0.324 e. The zero-order chi connectivity index (χ0) is 24.4. The molecule has 9 heteroatoms. The van der Waals surface area contributed by atoms with Gasteiger partial charge < -0.3 is 26.6 Å². The molecule has 3 amide bonds. The summed E-state index contributed by atoms with van der Waals surface area (Å²) in [6, 6.07) is 10.1. The van der Waals surface area contributed by atoms with Crippen LogP contribution in [0.25, 0.3) is 0 Å². The number of para-hydroxylation sites is 1. The van der Waals surface area contributed by atoms with Crippen molar-refractivity contribution in [2.45, 2.75) is 32.2 Å². The molecular weight excluding hydrogens is 448 g/mol. The van der Waals surface area contributed by atoms with Gasteiger partial charge in [0.2, 0.25) is 5.91 Å². The molecule has 1 aromatic carbocycles. The second kappa shape index (κ2) is 10.2. The van der Waals surface area contributed by atoms with Crippen LogP contribution in [-0.4, -0.2) is 68.1 Å². The second-order valence-corrected chi connectivity index (χ2v) is 10.6. The van der Waals surface area contributed by atoms with Crippen LogP contribution in [0, 0.1) is 11.8 Å². The highest BCUT2D eigenvalue weighted by Gasteiger charge is 2.42. The summed E-state index contributed by atoms with van der Waals surface area (Å²) >= 11 is 1.60. The molecule has 1 aliphatic carbocycles. The van der Waals surface area contributed by atoms with E-state index in [0.717, 1.165) is 30.5 Å². The number of nitrogen functional groups attached to an aromatic ring is 2. The first-order valence-electron chi connectivity index (χ1n) is 12.0. The zero-order valence-corrected chi connectivity index (χ0v) is 21.1. The van der Waals surface area contributed by atoms with Crippen LogP contribution in [0.15, 0.2) is 30.3 Å². The summed E-state index contributed by atoms with van der Waals surface area (Å²) in [5.41, 5.74) is 15.3. The van der Waals surface area contributed by atoms with Crippen molar-refractivity contribution in [3.8, 4) is 0 Å². The summed E-state index contributed by atoms with van der Waals surface area (Å²) in [5.74, 6) is 0.0332. The summed E-state index contributed by atoms with van der Waals surface area (Å²) in [6.45, 7) is 3.98. The third-order valence-electron chi connectivity index (χ3n) is 7.32. The fraction of sp³-hybridized carbons (Fsp3) is 0.520. The summed E-state index contributed by atoms with van der Waals surface area (Å²) in [7, 11) is 4.07. The van der Waals surface area contributed by atoms with Crippen molar-refractivity contribution >= 4 is 39.7 Å². The molecule has 2 aromatic rings. The molecule has 0 spiro atoms. The molecule has 8 nitrogen and oxygen atoms in total. The topological polar surface area (TPSA) is 108 Å². The van der Waals surface area contributed by atoms with Gasteiger partial charge in [0, 0.05) is 49.8 Å². The average Bonchev–Trinajstić information content (AvgIpc) is 3.11. The van der Waals surface area contributed by atoms with Gasteiger partial charge in [0.05, 0.1) is 11.6 Å². The Morgan fingerprint density at radius 1 is 1.21 bits per heavy atom. The highest BCUT2D eigenvalue weighted by Crippen LogP contribution is 2.44. The van der Waals surface area contributed by atoms with Crippen molar-refractivity contribution in [3.05, 3.63) is 40.8 Å². The number of nitrogens with zero attached hydrogens (tertiary/aromatic N) is 3. The Labute approximate surface area is 205 Å². The molecule has 0 saturated carbocycles. The van der Waals surface area contributed by atoms with Gasteiger partial charge in [-0.25, -0.2) is 4.79 Å². The first kappa shape index (κ1) is 24.3. The number of likely N-dealkylation sites (N-methyl/N-ethyl adjacent to an activating group) is 2. The number of fused-ring (bicyclic) bond motifs is 2. The Morgan fingerprint density at radius 2 is 1.94 bits per heavy atom. The minimum absolute atomic E-state index is 0.0923. The molecule has 2 heterocycles. The molecule has 184 valence electrons. The molecule has 34 heavy (non-hydrogen) atoms. The Kier molecular flexibility index (Phi) is 7.33. The van der Waals surface area contributed by atoms with E-state index in [0.29, 0.717) is 48.8 Å². The minimum atomic E-state index is -0.320. The number of benzene rings is 1. The van der Waals surface area contributed by atoms with Crippen molar-refractivity contribution in [2.75, 3.05) is 56.6 Å². The molecule has 0 unspecified atom stereocenters. The predicted octanol–water partition coefficient (Wildman–Crippen LogP) is 2.64. The maximum atomic E-state index is 13.4. The van der Waals surface area contributed by atoms with Crippen LogP contribution in [0.2, 0.25) is 0 Å². The van der Waals surface area contributed by atoms with Gasteiger partial charge in [-0.3, -0.25) is 9.69 Å². The van der Waals surface area contributed by atoms with E-state index in [2.05, 4.69) is 22.2 Å². The number of carbonyl (C=O) groups excluding carboxylic acids is 2. The Bertz CT molecular complexity index is 1030. The van der Waals surface area contributed by atoms with Crippen LogP contribution < -0.4 is 21.7 Å². The van der Waals surface area contributed by atoms with Crippen LogP contribution in [0.1, 0.15) is 23.8 Å². The highest BCUT2D eigenvalue weighted by atomic mass is 32.1. The highest BCUT2D eigenvalue weighted by molar-refractivity contribution is 7.16. The largest absolute Gasteiger partial charge is 0.396 e. The van der Waals surface area contributed by atoms with Gasteiger partial charge in [-0.15, -0.1) is 11.3 Å². The first-order valence-corrected chi connectivity index (χ1v) is 12.8. The molecule has 0 radical (unpaired) electrons. The monoisotopic (exact) mass is 484 g/mol. The SMILES string of the molecule is CCN(C(=O)NCCN(C)c1ccccc1)C(=O)[C@@H]1C[C@@H]2Cc3c(sc(N)c3N)C[C@H]2N(C)C1. The average molecular weight is 485 g/mol. The van der Waals surface area contributed by atoms with Crippen LogP contribution in [0.4, 0.5) is 21.2 Å². The van der Waals surface area contributed by atoms with Gasteiger partial charge in [-0.2, -0.15) is 0 Å². The van der Waals surface area contributed by atoms with Gasteiger partial charge in [0.25, 0.3) is 0 Å². The van der Waals surface area contributed by atoms with E-state index in [1.54, 1.807) is 11.3 Å². The maximum absolute atomic E-state index is 13.4. The minimum Gasteiger partial charge on any atom is -0.396 e. The Balaban J connectivity index is 1.35. The van der Waals surface area contributed by atoms with Crippen LogP contribution in [0.5, 0.6) is 0 Å². The molecule has 1 fully saturated rings. The van der Waals surface area contributed by atoms with Crippen LogP contribution in [0.3, 0.4) is 0 Å². The maximum Gasteiger partial charge on any atom is 0.324 e. The van der Waals surface area contributed by atoms with Crippen molar-refractivity contribution in [2.24, 2.45) is 11.8 Å². The number of hydrogen-bond donors (Lipinski definition) is 3. The first-order chi connectivity index (χ1) is 16.3. The molecule has 1 saturated heterocycles. The van der Waals surface area contributed by atoms with Crippen molar-refractivity contribution < 1.29 is 9.59 Å². The predicted molar refractivity (Wildman–Crippen MR) is 139 cm³/mol. The number of nitrogens with one attached hydrogen (secondary N) is 1. The van der Waals surface area contributed by atoms with Gasteiger partial charge in [0.15, 0.2) is 0 Å². The normalized spacial score (nSPS) is 21.9. The van der Waals surface area contributed by atoms with E-state index < -0.39 is 0 Å².